The highest BCUT2D eigenvalue weighted by molar-refractivity contribution is 5.91. The van der Waals surface area contributed by atoms with E-state index in [1.807, 2.05) is 0 Å². The Kier molecular flexibility index (Phi) is 3.02. The molecule has 0 aromatic rings. The Morgan fingerprint density at radius 2 is 1.92 bits per heavy atom. The highest BCUT2D eigenvalue weighted by Gasteiger charge is 1.95. The van der Waals surface area contributed by atoms with Crippen molar-refractivity contribution >= 4 is 11.8 Å². The maximum absolute atomic E-state index is 10.9. The lowest BCUT2D eigenvalue weighted by molar-refractivity contribution is -0.132. The first kappa shape index (κ1) is 8.46. The van der Waals surface area contributed by atoms with E-state index in [1.54, 1.807) is 0 Å². The first-order valence-electron chi connectivity index (χ1n) is 3.52. The smallest absolute Gasteiger partial charge is 0.335 e. The molecule has 0 aliphatic carbocycles. The van der Waals surface area contributed by atoms with Gasteiger partial charge in [0.2, 0.25) is 0 Å². The summed E-state index contributed by atoms with van der Waals surface area (Å²) in [5, 5.41) is 0. The van der Waals surface area contributed by atoms with Gasteiger partial charge in [-0.05, 0) is 12.2 Å². The topological polar surface area (TPSA) is 43.4 Å². The Morgan fingerprint density at radius 1 is 1.17 bits per heavy atom. The molecule has 0 fully saturated rings. The predicted octanol–water partition coefficient (Wildman–Crippen LogP) is 1.13. The minimum Gasteiger partial charge on any atom is -0.432 e. The molecule has 3 heteroatoms. The molecular weight excluding hydrogens is 156 g/mol. The standard InChI is InChI=1S/C9H8O3/c10-8-4-1-2-6-9(11)12-7-3-5-8/h1-4,6-7H,5H2/b4-1+,6-2+,7-3+. The van der Waals surface area contributed by atoms with E-state index in [2.05, 4.69) is 4.74 Å². The number of carbonyl (C=O) groups excluding carboxylic acids is 2. The fraction of sp³-hybridized carbons (Fsp3) is 0.111. The lowest BCUT2D eigenvalue weighted by atomic mass is 10.2. The van der Waals surface area contributed by atoms with Crippen LogP contribution in [0.25, 0.3) is 0 Å². The van der Waals surface area contributed by atoms with Gasteiger partial charge >= 0.3 is 5.97 Å². The van der Waals surface area contributed by atoms with Crippen LogP contribution in [0.2, 0.25) is 0 Å². The van der Waals surface area contributed by atoms with Crippen molar-refractivity contribution in [3.8, 4) is 0 Å². The van der Waals surface area contributed by atoms with E-state index in [1.165, 1.54) is 36.6 Å². The van der Waals surface area contributed by atoms with Crippen LogP contribution in [0.3, 0.4) is 0 Å². The molecule has 0 spiro atoms. The monoisotopic (exact) mass is 164 g/mol. The summed E-state index contributed by atoms with van der Waals surface area (Å²) in [6, 6.07) is 0. The first-order chi connectivity index (χ1) is 5.79. The van der Waals surface area contributed by atoms with Crippen molar-refractivity contribution in [2.24, 2.45) is 0 Å². The fourth-order valence-electron chi connectivity index (χ4n) is 0.684. The van der Waals surface area contributed by atoms with Gasteiger partial charge in [0.15, 0.2) is 5.78 Å². The van der Waals surface area contributed by atoms with E-state index in [0.717, 1.165) is 0 Å². The Bertz CT molecular complexity index is 243. The fourth-order valence-corrected chi connectivity index (χ4v) is 0.684. The Labute approximate surface area is 70.0 Å². The maximum Gasteiger partial charge on any atom is 0.335 e. The minimum absolute atomic E-state index is 0.0196. The number of cyclic esters (lactones) is 1. The van der Waals surface area contributed by atoms with Gasteiger partial charge in [-0.15, -0.1) is 0 Å². The summed E-state index contributed by atoms with van der Waals surface area (Å²) < 4.78 is 4.57. The van der Waals surface area contributed by atoms with E-state index in [-0.39, 0.29) is 12.2 Å². The van der Waals surface area contributed by atoms with Gasteiger partial charge in [-0.25, -0.2) is 4.79 Å². The van der Waals surface area contributed by atoms with Crippen LogP contribution in [0.4, 0.5) is 0 Å². The number of ether oxygens (including phenoxy) is 1. The molecule has 1 heterocycles. The SMILES string of the molecule is O=C1/C=C/C=C/C(=O)O/C=C/C1. The lowest BCUT2D eigenvalue weighted by Crippen LogP contribution is -1.95. The average Bonchev–Trinajstić information content (AvgIpc) is 2.06. The summed E-state index contributed by atoms with van der Waals surface area (Å²) in [7, 11) is 0. The van der Waals surface area contributed by atoms with Crippen molar-refractivity contribution in [3.63, 3.8) is 0 Å². The van der Waals surface area contributed by atoms with Gasteiger partial charge < -0.3 is 4.74 Å². The molecule has 0 amide bonds. The number of carbonyl (C=O) groups is 2. The van der Waals surface area contributed by atoms with Crippen molar-refractivity contribution in [2.75, 3.05) is 0 Å². The van der Waals surface area contributed by atoms with Gasteiger partial charge in [0.25, 0.3) is 0 Å². The molecule has 0 aromatic heterocycles. The number of allylic oxidation sites excluding steroid dienone is 4. The van der Waals surface area contributed by atoms with Crippen LogP contribution < -0.4 is 0 Å². The number of esters is 1. The third-order valence-corrected chi connectivity index (χ3v) is 1.22. The zero-order valence-electron chi connectivity index (χ0n) is 6.40. The second-order valence-electron chi connectivity index (χ2n) is 2.20. The summed E-state index contributed by atoms with van der Waals surface area (Å²) in [4.78, 5) is 21.6. The Balaban J connectivity index is 2.71. The molecule has 0 saturated heterocycles. The summed E-state index contributed by atoms with van der Waals surface area (Å²) >= 11 is 0. The molecule has 3 nitrogen and oxygen atoms in total. The third kappa shape index (κ3) is 2.96. The first-order valence-corrected chi connectivity index (χ1v) is 3.52. The molecule has 0 unspecified atom stereocenters. The molecule has 1 aliphatic heterocycles. The molecule has 0 radical (unpaired) electrons. The van der Waals surface area contributed by atoms with Crippen molar-refractivity contribution < 1.29 is 14.3 Å². The highest BCUT2D eigenvalue weighted by atomic mass is 16.5. The summed E-state index contributed by atoms with van der Waals surface area (Å²) in [6.45, 7) is 0. The van der Waals surface area contributed by atoms with Gasteiger partial charge in [0.1, 0.15) is 0 Å². The van der Waals surface area contributed by atoms with Crippen molar-refractivity contribution in [1.82, 2.24) is 0 Å². The molecule has 0 aromatic carbocycles. The average molecular weight is 164 g/mol. The summed E-state index contributed by atoms with van der Waals surface area (Å²) in [5.74, 6) is -0.459. The van der Waals surface area contributed by atoms with Gasteiger partial charge in [-0.3, -0.25) is 4.79 Å². The van der Waals surface area contributed by atoms with E-state index in [4.69, 9.17) is 0 Å². The van der Waals surface area contributed by atoms with Crippen LogP contribution in [0, 0.1) is 0 Å². The molecule has 0 N–H and O–H groups in total. The largest absolute Gasteiger partial charge is 0.432 e. The highest BCUT2D eigenvalue weighted by Crippen LogP contribution is 1.93. The van der Waals surface area contributed by atoms with Crippen LogP contribution in [-0.4, -0.2) is 11.8 Å². The molecule has 62 valence electrons. The Hall–Kier alpha value is -1.64. The molecule has 0 saturated carbocycles. The summed E-state index contributed by atoms with van der Waals surface area (Å²) in [5.41, 5.74) is 0. The predicted molar refractivity (Wildman–Crippen MR) is 43.1 cm³/mol. The van der Waals surface area contributed by atoms with Gasteiger partial charge in [-0.1, -0.05) is 12.2 Å². The number of hydrogen-bond donors (Lipinski definition) is 0. The van der Waals surface area contributed by atoms with Crippen LogP contribution in [-0.2, 0) is 14.3 Å². The molecule has 12 heavy (non-hydrogen) atoms. The van der Waals surface area contributed by atoms with E-state index in [0.29, 0.717) is 0 Å². The quantitative estimate of drug-likeness (QED) is 0.504. The number of hydrogen-bond acceptors (Lipinski definition) is 3. The van der Waals surface area contributed by atoms with Crippen LogP contribution in [0.15, 0.2) is 36.6 Å². The van der Waals surface area contributed by atoms with E-state index in [9.17, 15) is 9.59 Å². The van der Waals surface area contributed by atoms with Crippen LogP contribution >= 0.6 is 0 Å². The molecule has 0 bridgehead atoms. The van der Waals surface area contributed by atoms with Gasteiger partial charge in [0, 0.05) is 12.5 Å². The van der Waals surface area contributed by atoms with Crippen molar-refractivity contribution in [3.05, 3.63) is 36.6 Å². The number of rotatable bonds is 0. The molecule has 1 rings (SSSR count). The second kappa shape index (κ2) is 4.28. The maximum atomic E-state index is 10.9. The van der Waals surface area contributed by atoms with E-state index < -0.39 is 5.97 Å². The molecule has 0 atom stereocenters. The minimum atomic E-state index is -0.440. The summed E-state index contributed by atoms with van der Waals surface area (Å²) in [6.07, 6.45) is 8.64. The Morgan fingerprint density at radius 3 is 2.75 bits per heavy atom. The lowest BCUT2D eigenvalue weighted by Gasteiger charge is -1.93. The normalized spacial score (nSPS) is 25.7. The molecule has 1 aliphatic rings. The number of ketones is 1. The van der Waals surface area contributed by atoms with Crippen LogP contribution in [0.5, 0.6) is 0 Å². The molecular formula is C9H8O3. The zero-order valence-corrected chi connectivity index (χ0v) is 6.40. The van der Waals surface area contributed by atoms with Crippen LogP contribution in [0.1, 0.15) is 6.42 Å². The van der Waals surface area contributed by atoms with Crippen molar-refractivity contribution in [2.45, 2.75) is 6.42 Å². The van der Waals surface area contributed by atoms with Gasteiger partial charge in [-0.2, -0.15) is 0 Å². The second-order valence-corrected chi connectivity index (χ2v) is 2.20. The van der Waals surface area contributed by atoms with Crippen molar-refractivity contribution in [1.29, 1.82) is 0 Å². The van der Waals surface area contributed by atoms with E-state index >= 15 is 0 Å². The zero-order chi connectivity index (χ0) is 8.81. The van der Waals surface area contributed by atoms with Gasteiger partial charge in [0.05, 0.1) is 6.26 Å². The third-order valence-electron chi connectivity index (χ3n) is 1.22.